The zero-order chi connectivity index (χ0) is 12.8. The molecular weight excluding hydrogens is 252 g/mol. The number of nitrogens with zero attached hydrogens (tertiary/aromatic N) is 3. The maximum absolute atomic E-state index is 11.5. The van der Waals surface area contributed by atoms with Gasteiger partial charge >= 0.3 is 0 Å². The van der Waals surface area contributed by atoms with Crippen LogP contribution in [0.1, 0.15) is 23.7 Å². The summed E-state index contributed by atoms with van der Waals surface area (Å²) in [5, 5.41) is 8.26. The van der Waals surface area contributed by atoms with E-state index in [0.29, 0.717) is 13.0 Å². The molecule has 1 aliphatic heterocycles. The third kappa shape index (κ3) is 1.79. The molecule has 0 bridgehead atoms. The Morgan fingerprint density at radius 1 is 1.44 bits per heavy atom. The number of sulfone groups is 1. The van der Waals surface area contributed by atoms with E-state index < -0.39 is 9.84 Å². The van der Waals surface area contributed by atoms with E-state index in [0.717, 1.165) is 17.0 Å². The molecule has 2 aromatic heterocycles. The molecule has 6 nitrogen and oxygen atoms in total. The van der Waals surface area contributed by atoms with Crippen LogP contribution in [0.25, 0.3) is 5.65 Å². The molecule has 0 radical (unpaired) electrons. The second kappa shape index (κ2) is 4.03. The van der Waals surface area contributed by atoms with Gasteiger partial charge in [-0.05, 0) is 12.5 Å². The highest BCUT2D eigenvalue weighted by atomic mass is 32.2. The number of rotatable bonds is 2. The number of fused-ring (bicyclic) bond motifs is 1. The molecule has 2 N–H and O–H groups in total. The van der Waals surface area contributed by atoms with Gasteiger partial charge < -0.3 is 5.73 Å². The summed E-state index contributed by atoms with van der Waals surface area (Å²) in [5.41, 5.74) is 7.28. The average molecular weight is 266 g/mol. The minimum absolute atomic E-state index is 0.0574. The molecule has 18 heavy (non-hydrogen) atoms. The molecule has 3 rings (SSSR count). The standard InChI is InChI=1S/C11H14N4O2S/c12-6-8-2-1-4-15-10(8)13-14-11(15)9-3-5-18(16,17)7-9/h1-2,4,9H,3,5-7,12H2. The van der Waals surface area contributed by atoms with Crippen molar-refractivity contribution < 1.29 is 8.42 Å². The molecule has 1 fully saturated rings. The van der Waals surface area contributed by atoms with E-state index in [1.54, 1.807) is 0 Å². The summed E-state index contributed by atoms with van der Waals surface area (Å²) in [7, 11) is -2.91. The van der Waals surface area contributed by atoms with Gasteiger partial charge in [0.25, 0.3) is 0 Å². The lowest BCUT2D eigenvalue weighted by Gasteiger charge is -2.06. The van der Waals surface area contributed by atoms with E-state index in [4.69, 9.17) is 5.73 Å². The zero-order valence-electron chi connectivity index (χ0n) is 9.78. The highest BCUT2D eigenvalue weighted by Crippen LogP contribution is 2.28. The third-order valence-corrected chi connectivity index (χ3v) is 5.13. The first kappa shape index (κ1) is 11.6. The maximum Gasteiger partial charge on any atom is 0.165 e. The molecule has 1 aliphatic rings. The Morgan fingerprint density at radius 2 is 2.28 bits per heavy atom. The monoisotopic (exact) mass is 266 g/mol. The van der Waals surface area contributed by atoms with Crippen molar-refractivity contribution >= 4 is 15.5 Å². The molecule has 0 spiro atoms. The number of hydrogen-bond donors (Lipinski definition) is 1. The number of aromatic nitrogens is 3. The lowest BCUT2D eigenvalue weighted by atomic mass is 10.1. The van der Waals surface area contributed by atoms with Gasteiger partial charge in [0.2, 0.25) is 0 Å². The fourth-order valence-corrected chi connectivity index (χ4v) is 4.16. The van der Waals surface area contributed by atoms with Gasteiger partial charge in [0, 0.05) is 24.2 Å². The van der Waals surface area contributed by atoms with Gasteiger partial charge in [0.1, 0.15) is 5.82 Å². The molecule has 0 aliphatic carbocycles. The molecule has 0 saturated carbocycles. The van der Waals surface area contributed by atoms with Crippen LogP contribution >= 0.6 is 0 Å². The topological polar surface area (TPSA) is 90.3 Å². The van der Waals surface area contributed by atoms with Crippen molar-refractivity contribution in [2.45, 2.75) is 18.9 Å². The Kier molecular flexibility index (Phi) is 2.60. The quantitative estimate of drug-likeness (QED) is 0.832. The molecule has 7 heteroatoms. The summed E-state index contributed by atoms with van der Waals surface area (Å²) in [6.07, 6.45) is 2.48. The molecular formula is C11H14N4O2S. The second-order valence-electron chi connectivity index (χ2n) is 4.59. The summed E-state index contributed by atoms with van der Waals surface area (Å²) in [6, 6.07) is 3.78. The highest BCUT2D eigenvalue weighted by Gasteiger charge is 2.32. The van der Waals surface area contributed by atoms with Crippen LogP contribution in [-0.2, 0) is 16.4 Å². The highest BCUT2D eigenvalue weighted by molar-refractivity contribution is 7.91. The van der Waals surface area contributed by atoms with Crippen LogP contribution < -0.4 is 5.73 Å². The number of pyridine rings is 1. The first-order chi connectivity index (χ1) is 8.61. The van der Waals surface area contributed by atoms with Crippen molar-refractivity contribution in [3.05, 3.63) is 29.7 Å². The van der Waals surface area contributed by atoms with E-state index >= 15 is 0 Å². The van der Waals surface area contributed by atoms with Crippen LogP contribution in [-0.4, -0.2) is 34.5 Å². The largest absolute Gasteiger partial charge is 0.326 e. The zero-order valence-corrected chi connectivity index (χ0v) is 10.6. The Labute approximate surface area is 105 Å². The molecule has 1 unspecified atom stereocenters. The van der Waals surface area contributed by atoms with Gasteiger partial charge in [0.15, 0.2) is 15.5 Å². The predicted molar refractivity (Wildman–Crippen MR) is 66.9 cm³/mol. The van der Waals surface area contributed by atoms with Crippen molar-refractivity contribution in [1.29, 1.82) is 0 Å². The van der Waals surface area contributed by atoms with Crippen molar-refractivity contribution in [3.63, 3.8) is 0 Å². The van der Waals surface area contributed by atoms with Crippen molar-refractivity contribution in [2.75, 3.05) is 11.5 Å². The Bertz CT molecular complexity index is 692. The Balaban J connectivity index is 2.09. The van der Waals surface area contributed by atoms with Gasteiger partial charge in [0.05, 0.1) is 11.5 Å². The van der Waals surface area contributed by atoms with Gasteiger partial charge in [-0.2, -0.15) is 0 Å². The van der Waals surface area contributed by atoms with Gasteiger partial charge in [-0.15, -0.1) is 10.2 Å². The van der Waals surface area contributed by atoms with Crippen molar-refractivity contribution in [2.24, 2.45) is 5.73 Å². The Hall–Kier alpha value is -1.47. The van der Waals surface area contributed by atoms with Gasteiger partial charge in [-0.25, -0.2) is 8.42 Å². The predicted octanol–water partition coefficient (Wildman–Crippen LogP) is 0.0901. The van der Waals surface area contributed by atoms with Crippen LogP contribution in [0.3, 0.4) is 0 Å². The molecule has 96 valence electrons. The SMILES string of the molecule is NCc1cccn2c(C3CCS(=O)(=O)C3)nnc12. The first-order valence-electron chi connectivity index (χ1n) is 5.84. The van der Waals surface area contributed by atoms with E-state index in [-0.39, 0.29) is 17.4 Å². The van der Waals surface area contributed by atoms with Crippen LogP contribution in [0, 0.1) is 0 Å². The van der Waals surface area contributed by atoms with Crippen molar-refractivity contribution in [1.82, 2.24) is 14.6 Å². The molecule has 3 heterocycles. The lowest BCUT2D eigenvalue weighted by Crippen LogP contribution is -2.07. The van der Waals surface area contributed by atoms with E-state index in [2.05, 4.69) is 10.2 Å². The molecule has 0 amide bonds. The minimum Gasteiger partial charge on any atom is -0.326 e. The van der Waals surface area contributed by atoms with E-state index in [1.165, 1.54) is 0 Å². The summed E-state index contributed by atoms with van der Waals surface area (Å²) in [4.78, 5) is 0. The molecule has 2 aromatic rings. The number of nitrogens with two attached hydrogens (primary N) is 1. The molecule has 0 aromatic carbocycles. The minimum atomic E-state index is -2.91. The van der Waals surface area contributed by atoms with Crippen LogP contribution in [0.5, 0.6) is 0 Å². The van der Waals surface area contributed by atoms with Crippen LogP contribution in [0.2, 0.25) is 0 Å². The first-order valence-corrected chi connectivity index (χ1v) is 7.66. The smallest absolute Gasteiger partial charge is 0.165 e. The fourth-order valence-electron chi connectivity index (χ4n) is 2.43. The third-order valence-electron chi connectivity index (χ3n) is 3.36. The Morgan fingerprint density at radius 3 is 2.94 bits per heavy atom. The van der Waals surface area contributed by atoms with Gasteiger partial charge in [-0.3, -0.25) is 4.40 Å². The maximum atomic E-state index is 11.5. The number of hydrogen-bond acceptors (Lipinski definition) is 5. The summed E-state index contributed by atoms with van der Waals surface area (Å²) in [5.74, 6) is 1.07. The summed E-state index contributed by atoms with van der Waals surface area (Å²) < 4.78 is 24.9. The molecule has 1 atom stereocenters. The van der Waals surface area contributed by atoms with Crippen molar-refractivity contribution in [3.8, 4) is 0 Å². The van der Waals surface area contributed by atoms with Crippen LogP contribution in [0.4, 0.5) is 0 Å². The fraction of sp³-hybridized carbons (Fsp3) is 0.455. The summed E-state index contributed by atoms with van der Waals surface area (Å²) >= 11 is 0. The van der Waals surface area contributed by atoms with Crippen LogP contribution in [0.15, 0.2) is 18.3 Å². The normalized spacial score (nSPS) is 22.6. The summed E-state index contributed by atoms with van der Waals surface area (Å²) in [6.45, 7) is 0.394. The molecule has 1 saturated heterocycles. The average Bonchev–Trinajstić information content (AvgIpc) is 2.91. The van der Waals surface area contributed by atoms with E-state index in [1.807, 2.05) is 22.7 Å². The second-order valence-corrected chi connectivity index (χ2v) is 6.82. The van der Waals surface area contributed by atoms with Gasteiger partial charge in [-0.1, -0.05) is 6.07 Å². The lowest BCUT2D eigenvalue weighted by molar-refractivity contribution is 0.601. The van der Waals surface area contributed by atoms with E-state index in [9.17, 15) is 8.42 Å².